The van der Waals surface area contributed by atoms with Gasteiger partial charge in [0.2, 0.25) is 11.8 Å². The SMILES string of the molecule is CN[C@H](C(=O)N[C@H](C(=O)N(C)C/C=C(\C)C(=O)O)C(C)(C)C)C(C)(C)c1cn(C)c2ccccc12. The molecule has 1 aromatic carbocycles. The molecule has 0 bridgehead atoms. The van der Waals surface area contributed by atoms with Crippen LogP contribution in [0.25, 0.3) is 10.9 Å². The number of benzene rings is 1. The summed E-state index contributed by atoms with van der Waals surface area (Å²) in [5.41, 5.74) is 1.13. The maximum Gasteiger partial charge on any atom is 0.331 e. The third kappa shape index (κ3) is 6.11. The number of carboxylic acids is 1. The van der Waals surface area contributed by atoms with Crippen LogP contribution in [0.4, 0.5) is 0 Å². The molecule has 8 nitrogen and oxygen atoms in total. The molecule has 1 heterocycles. The van der Waals surface area contributed by atoms with Gasteiger partial charge in [-0.05, 0) is 31.0 Å². The van der Waals surface area contributed by atoms with Crippen molar-refractivity contribution in [3.05, 3.63) is 47.7 Å². The van der Waals surface area contributed by atoms with Crippen LogP contribution < -0.4 is 10.6 Å². The number of fused-ring (bicyclic) bond motifs is 1. The highest BCUT2D eigenvalue weighted by Crippen LogP contribution is 2.34. The highest BCUT2D eigenvalue weighted by atomic mass is 16.4. The monoisotopic (exact) mass is 484 g/mol. The van der Waals surface area contributed by atoms with Gasteiger partial charge in [-0.1, -0.05) is 58.9 Å². The summed E-state index contributed by atoms with van der Waals surface area (Å²) < 4.78 is 2.06. The molecule has 3 N–H and O–H groups in total. The molecule has 0 aliphatic carbocycles. The molecule has 0 unspecified atom stereocenters. The number of aromatic nitrogens is 1. The summed E-state index contributed by atoms with van der Waals surface area (Å²) in [4.78, 5) is 39.5. The Labute approximate surface area is 208 Å². The van der Waals surface area contributed by atoms with E-state index in [0.29, 0.717) is 0 Å². The first-order valence-corrected chi connectivity index (χ1v) is 11.8. The third-order valence-corrected chi connectivity index (χ3v) is 6.65. The van der Waals surface area contributed by atoms with Crippen LogP contribution in [-0.2, 0) is 26.8 Å². The second-order valence-corrected chi connectivity index (χ2v) is 10.8. The maximum atomic E-state index is 13.6. The largest absolute Gasteiger partial charge is 0.478 e. The molecule has 0 spiro atoms. The Morgan fingerprint density at radius 2 is 1.71 bits per heavy atom. The average molecular weight is 485 g/mol. The number of rotatable bonds is 9. The number of aliphatic carboxylic acids is 1. The zero-order valence-electron chi connectivity index (χ0n) is 22.4. The normalized spacial score (nSPS) is 14.5. The Hall–Kier alpha value is -3.13. The van der Waals surface area contributed by atoms with Gasteiger partial charge in [-0.3, -0.25) is 9.59 Å². The quantitative estimate of drug-likeness (QED) is 0.475. The lowest BCUT2D eigenvalue weighted by atomic mass is 9.76. The highest BCUT2D eigenvalue weighted by Gasteiger charge is 2.41. The smallest absolute Gasteiger partial charge is 0.331 e. The number of hydrogen-bond donors (Lipinski definition) is 3. The predicted octanol–water partition coefficient (Wildman–Crippen LogP) is 3.06. The van der Waals surface area contributed by atoms with Gasteiger partial charge < -0.3 is 25.2 Å². The molecule has 2 amide bonds. The predicted molar refractivity (Wildman–Crippen MR) is 139 cm³/mol. The van der Waals surface area contributed by atoms with Crippen LogP contribution in [-0.4, -0.2) is 65.1 Å². The molecule has 2 rings (SSSR count). The number of nitrogens with zero attached hydrogens (tertiary/aromatic N) is 2. The topological polar surface area (TPSA) is 104 Å². The Morgan fingerprint density at radius 1 is 1.11 bits per heavy atom. The minimum Gasteiger partial charge on any atom is -0.478 e. The number of aryl methyl sites for hydroxylation is 1. The first-order valence-electron chi connectivity index (χ1n) is 11.8. The number of likely N-dealkylation sites (N-methyl/N-ethyl adjacent to an activating group) is 2. The van der Waals surface area contributed by atoms with Crippen molar-refractivity contribution in [2.45, 2.75) is 59.0 Å². The van der Waals surface area contributed by atoms with Crippen molar-refractivity contribution in [1.29, 1.82) is 0 Å². The van der Waals surface area contributed by atoms with Gasteiger partial charge in [0.1, 0.15) is 6.04 Å². The molecular weight excluding hydrogens is 444 g/mol. The van der Waals surface area contributed by atoms with Gasteiger partial charge in [0.25, 0.3) is 0 Å². The van der Waals surface area contributed by atoms with Crippen LogP contribution in [0.5, 0.6) is 0 Å². The molecule has 8 heteroatoms. The van der Waals surface area contributed by atoms with E-state index in [2.05, 4.69) is 27.5 Å². The fourth-order valence-corrected chi connectivity index (χ4v) is 4.38. The molecule has 2 atom stereocenters. The Bertz CT molecular complexity index is 1120. The van der Waals surface area contributed by atoms with Crippen LogP contribution in [0.15, 0.2) is 42.1 Å². The van der Waals surface area contributed by atoms with Gasteiger partial charge >= 0.3 is 5.97 Å². The zero-order valence-corrected chi connectivity index (χ0v) is 22.4. The van der Waals surface area contributed by atoms with Crippen LogP contribution in [0.3, 0.4) is 0 Å². The summed E-state index contributed by atoms with van der Waals surface area (Å²) in [6, 6.07) is 6.68. The minimum absolute atomic E-state index is 0.135. The molecule has 2 aromatic rings. The second kappa shape index (κ2) is 10.6. The molecule has 192 valence electrons. The molecule has 1 aromatic heterocycles. The molecule has 35 heavy (non-hydrogen) atoms. The Balaban J connectivity index is 2.34. The molecule has 0 aliphatic heterocycles. The number of hydrogen-bond acceptors (Lipinski definition) is 4. The van der Waals surface area contributed by atoms with Gasteiger partial charge in [0.15, 0.2) is 0 Å². The third-order valence-electron chi connectivity index (χ3n) is 6.65. The van der Waals surface area contributed by atoms with E-state index >= 15 is 0 Å². The summed E-state index contributed by atoms with van der Waals surface area (Å²) in [5, 5.41) is 16.3. The van der Waals surface area contributed by atoms with Crippen molar-refractivity contribution < 1.29 is 19.5 Å². The summed E-state index contributed by atoms with van der Waals surface area (Å²) >= 11 is 0. The van der Waals surface area contributed by atoms with E-state index in [0.717, 1.165) is 16.5 Å². The number of carboxylic acid groups (broad SMARTS) is 1. The Kier molecular flexibility index (Phi) is 8.55. The van der Waals surface area contributed by atoms with Crippen molar-refractivity contribution >= 4 is 28.7 Å². The van der Waals surface area contributed by atoms with Gasteiger partial charge in [0.05, 0.1) is 6.04 Å². The second-order valence-electron chi connectivity index (χ2n) is 10.8. The molecule has 0 fully saturated rings. The summed E-state index contributed by atoms with van der Waals surface area (Å²) in [6.45, 7) is 11.3. The Morgan fingerprint density at radius 3 is 2.26 bits per heavy atom. The summed E-state index contributed by atoms with van der Waals surface area (Å²) in [5.74, 6) is -1.58. The van der Waals surface area contributed by atoms with E-state index in [4.69, 9.17) is 5.11 Å². The van der Waals surface area contributed by atoms with Crippen LogP contribution >= 0.6 is 0 Å². The lowest BCUT2D eigenvalue weighted by Gasteiger charge is -2.38. The van der Waals surface area contributed by atoms with Crippen molar-refractivity contribution in [3.63, 3.8) is 0 Å². The van der Waals surface area contributed by atoms with E-state index in [1.807, 2.05) is 59.9 Å². The molecule has 0 aliphatic rings. The van der Waals surface area contributed by atoms with Crippen molar-refractivity contribution in [2.75, 3.05) is 20.6 Å². The van der Waals surface area contributed by atoms with Crippen LogP contribution in [0.2, 0.25) is 0 Å². The number of nitrogens with one attached hydrogen (secondary N) is 2. The fourth-order valence-electron chi connectivity index (χ4n) is 4.38. The van der Waals surface area contributed by atoms with E-state index < -0.39 is 28.9 Å². The van der Waals surface area contributed by atoms with Gasteiger partial charge in [-0.15, -0.1) is 0 Å². The number of carbonyl (C=O) groups excluding carboxylic acids is 2. The molecule has 0 saturated heterocycles. The van der Waals surface area contributed by atoms with E-state index in [1.165, 1.54) is 17.9 Å². The van der Waals surface area contributed by atoms with E-state index in [1.54, 1.807) is 14.1 Å². The number of carbonyl (C=O) groups is 3. The van der Waals surface area contributed by atoms with Gasteiger partial charge in [-0.25, -0.2) is 4.79 Å². The van der Waals surface area contributed by atoms with E-state index in [9.17, 15) is 14.4 Å². The fraction of sp³-hybridized carbons (Fsp3) is 0.519. The lowest BCUT2D eigenvalue weighted by Crippen LogP contribution is -2.60. The van der Waals surface area contributed by atoms with Crippen LogP contribution in [0, 0.1) is 5.41 Å². The number of para-hydroxylation sites is 1. The molecular formula is C27H40N4O4. The van der Waals surface area contributed by atoms with Gasteiger partial charge in [0, 0.05) is 48.7 Å². The van der Waals surface area contributed by atoms with Crippen molar-refractivity contribution in [2.24, 2.45) is 12.5 Å². The first-order chi connectivity index (χ1) is 16.1. The summed E-state index contributed by atoms with van der Waals surface area (Å²) in [6.07, 6.45) is 3.54. The number of amides is 2. The lowest BCUT2D eigenvalue weighted by molar-refractivity contribution is -0.139. The van der Waals surface area contributed by atoms with Gasteiger partial charge in [-0.2, -0.15) is 0 Å². The average Bonchev–Trinajstić information content (AvgIpc) is 3.12. The van der Waals surface area contributed by atoms with Crippen LogP contribution in [0.1, 0.15) is 47.1 Å². The van der Waals surface area contributed by atoms with E-state index in [-0.39, 0.29) is 23.9 Å². The zero-order chi connectivity index (χ0) is 26.7. The first kappa shape index (κ1) is 28.1. The standard InChI is InChI=1S/C27H40N4O4/c1-17(25(34)35)14-15-30(8)24(33)22(26(2,3)4)29-23(32)21(28-7)27(5,6)19-16-31(9)20-13-11-10-12-18(19)20/h10-14,16,21-22,28H,15H2,1-9H3,(H,29,32)(H,34,35)/b17-14+/t21-,22-/m1/s1. The maximum absolute atomic E-state index is 13.6. The molecule has 0 radical (unpaired) electrons. The van der Waals surface area contributed by atoms with Crippen molar-refractivity contribution in [1.82, 2.24) is 20.1 Å². The van der Waals surface area contributed by atoms with Crippen molar-refractivity contribution in [3.8, 4) is 0 Å². The molecule has 0 saturated carbocycles. The minimum atomic E-state index is -1.03. The summed E-state index contributed by atoms with van der Waals surface area (Å²) in [7, 11) is 5.34. The highest BCUT2D eigenvalue weighted by molar-refractivity contribution is 5.93.